The highest BCUT2D eigenvalue weighted by Gasteiger charge is 2.34. The fraction of sp³-hybridized carbons (Fsp3) is 0.259. The highest BCUT2D eigenvalue weighted by molar-refractivity contribution is 5.96. The van der Waals surface area contributed by atoms with E-state index in [0.717, 1.165) is 11.1 Å². The Morgan fingerprint density at radius 3 is 2.33 bits per heavy atom. The first-order valence-electron chi connectivity index (χ1n) is 11.4. The second-order valence-electron chi connectivity index (χ2n) is 8.44. The van der Waals surface area contributed by atoms with Gasteiger partial charge in [0.25, 0.3) is 0 Å². The van der Waals surface area contributed by atoms with E-state index < -0.39 is 35.7 Å². The van der Waals surface area contributed by atoms with Crippen LogP contribution in [0.3, 0.4) is 0 Å². The zero-order valence-electron chi connectivity index (χ0n) is 20.2. The van der Waals surface area contributed by atoms with E-state index in [0.29, 0.717) is 30.0 Å². The standard InChI is InChI=1S/C27H27F2N3O4/c1-16(26(33)31-22-7-5-4-6-21(22)29)30-27(34)32-13-12-18-14-23(35-2)24(36-3)15-20(18)25(32)17-8-10-19(28)11-9-17/h4-11,14-16,25H,12-13H2,1-3H3,(H,30,34)(H,31,33)/t16-,25?/m0/s1. The van der Waals surface area contributed by atoms with Crippen LogP contribution in [0.5, 0.6) is 11.5 Å². The SMILES string of the molecule is COc1cc2c(cc1OC)C(c1ccc(F)cc1)N(C(=O)N[C@@H](C)C(=O)Nc1ccccc1F)CC2. The van der Waals surface area contributed by atoms with Crippen molar-refractivity contribution in [2.24, 2.45) is 0 Å². The Bertz CT molecular complexity index is 1270. The monoisotopic (exact) mass is 495 g/mol. The molecule has 3 aromatic carbocycles. The predicted molar refractivity (Wildman–Crippen MR) is 131 cm³/mol. The molecule has 2 N–H and O–H groups in total. The molecule has 1 heterocycles. The maximum Gasteiger partial charge on any atom is 0.318 e. The van der Waals surface area contributed by atoms with Gasteiger partial charge in [0.05, 0.1) is 25.9 Å². The molecule has 3 amide bonds. The number of nitrogens with one attached hydrogen (secondary N) is 2. The summed E-state index contributed by atoms with van der Waals surface area (Å²) in [5, 5.41) is 5.20. The number of hydrogen-bond acceptors (Lipinski definition) is 4. The number of para-hydroxylation sites is 1. The van der Waals surface area contributed by atoms with E-state index in [9.17, 15) is 18.4 Å². The van der Waals surface area contributed by atoms with Crippen molar-refractivity contribution in [3.8, 4) is 11.5 Å². The van der Waals surface area contributed by atoms with Crippen LogP contribution < -0.4 is 20.1 Å². The van der Waals surface area contributed by atoms with Gasteiger partial charge in [-0.1, -0.05) is 24.3 Å². The van der Waals surface area contributed by atoms with Crippen molar-refractivity contribution >= 4 is 17.6 Å². The van der Waals surface area contributed by atoms with E-state index in [2.05, 4.69) is 10.6 Å². The molecule has 0 aliphatic carbocycles. The van der Waals surface area contributed by atoms with Gasteiger partial charge in [0.15, 0.2) is 11.5 Å². The normalized spacial score (nSPS) is 15.5. The molecule has 0 aromatic heterocycles. The third-order valence-corrected chi connectivity index (χ3v) is 6.19. The van der Waals surface area contributed by atoms with Crippen LogP contribution in [0.15, 0.2) is 60.7 Å². The summed E-state index contributed by atoms with van der Waals surface area (Å²) in [4.78, 5) is 27.6. The van der Waals surface area contributed by atoms with Crippen LogP contribution in [0.2, 0.25) is 0 Å². The number of anilines is 1. The summed E-state index contributed by atoms with van der Waals surface area (Å²) < 4.78 is 38.5. The van der Waals surface area contributed by atoms with E-state index >= 15 is 0 Å². The lowest BCUT2D eigenvalue weighted by Crippen LogP contribution is -2.51. The smallest absolute Gasteiger partial charge is 0.318 e. The molecule has 0 radical (unpaired) electrons. The number of fused-ring (bicyclic) bond motifs is 1. The molecule has 0 spiro atoms. The van der Waals surface area contributed by atoms with E-state index in [-0.39, 0.29) is 5.69 Å². The van der Waals surface area contributed by atoms with E-state index in [1.54, 1.807) is 30.2 Å². The quantitative estimate of drug-likeness (QED) is 0.521. The summed E-state index contributed by atoms with van der Waals surface area (Å²) in [7, 11) is 3.08. The first kappa shape index (κ1) is 25.0. The first-order chi connectivity index (χ1) is 17.3. The van der Waals surface area contributed by atoms with Crippen molar-refractivity contribution in [2.45, 2.75) is 25.4 Å². The van der Waals surface area contributed by atoms with Gasteiger partial charge >= 0.3 is 6.03 Å². The molecular formula is C27H27F2N3O4. The molecule has 1 aliphatic heterocycles. The number of benzene rings is 3. The lowest BCUT2D eigenvalue weighted by Gasteiger charge is -2.38. The minimum atomic E-state index is -0.947. The van der Waals surface area contributed by atoms with Gasteiger partial charge in [-0.3, -0.25) is 4.79 Å². The van der Waals surface area contributed by atoms with Crippen molar-refractivity contribution in [1.29, 1.82) is 0 Å². The van der Waals surface area contributed by atoms with Gasteiger partial charge in [0.1, 0.15) is 17.7 Å². The number of halogens is 2. The number of hydrogen-bond donors (Lipinski definition) is 2. The van der Waals surface area contributed by atoms with Crippen LogP contribution in [0.4, 0.5) is 19.3 Å². The number of ether oxygens (including phenoxy) is 2. The summed E-state index contributed by atoms with van der Waals surface area (Å²) in [6.07, 6.45) is 0.538. The molecule has 0 saturated carbocycles. The van der Waals surface area contributed by atoms with Crippen LogP contribution in [0.1, 0.15) is 29.7 Å². The second kappa shape index (κ2) is 10.6. The number of urea groups is 1. The van der Waals surface area contributed by atoms with Crippen molar-refractivity contribution < 1.29 is 27.8 Å². The van der Waals surface area contributed by atoms with Crippen LogP contribution >= 0.6 is 0 Å². The van der Waals surface area contributed by atoms with Crippen LogP contribution in [0.25, 0.3) is 0 Å². The molecule has 36 heavy (non-hydrogen) atoms. The number of amides is 3. The number of nitrogens with zero attached hydrogens (tertiary/aromatic N) is 1. The largest absolute Gasteiger partial charge is 0.493 e. The van der Waals surface area contributed by atoms with Gasteiger partial charge < -0.3 is 25.0 Å². The number of rotatable bonds is 6. The third kappa shape index (κ3) is 5.10. The minimum absolute atomic E-state index is 0.0285. The Kier molecular flexibility index (Phi) is 7.38. The Labute approximate surface area is 208 Å². The minimum Gasteiger partial charge on any atom is -0.493 e. The van der Waals surface area contributed by atoms with Crippen molar-refractivity contribution in [2.75, 3.05) is 26.1 Å². The van der Waals surface area contributed by atoms with Gasteiger partial charge in [-0.2, -0.15) is 0 Å². The second-order valence-corrected chi connectivity index (χ2v) is 8.44. The average molecular weight is 496 g/mol. The molecule has 7 nitrogen and oxygen atoms in total. The molecule has 9 heteroatoms. The molecule has 1 unspecified atom stereocenters. The summed E-state index contributed by atoms with van der Waals surface area (Å²) >= 11 is 0. The molecular weight excluding hydrogens is 468 g/mol. The van der Waals surface area contributed by atoms with Crippen LogP contribution in [0, 0.1) is 11.6 Å². The lowest BCUT2D eigenvalue weighted by molar-refractivity contribution is -0.117. The van der Waals surface area contributed by atoms with Crippen molar-refractivity contribution in [3.05, 3.63) is 89.0 Å². The fourth-order valence-electron chi connectivity index (χ4n) is 4.31. The molecule has 1 aliphatic rings. The van der Waals surface area contributed by atoms with E-state index in [1.165, 1.54) is 44.4 Å². The molecule has 2 atom stereocenters. The van der Waals surface area contributed by atoms with Gasteiger partial charge in [0.2, 0.25) is 5.91 Å². The Hall–Kier alpha value is -4.14. The Morgan fingerprint density at radius 1 is 1.00 bits per heavy atom. The van der Waals surface area contributed by atoms with Crippen LogP contribution in [-0.2, 0) is 11.2 Å². The summed E-state index contributed by atoms with van der Waals surface area (Å²) in [5.74, 6) is -0.446. The van der Waals surface area contributed by atoms with Gasteiger partial charge in [-0.25, -0.2) is 13.6 Å². The van der Waals surface area contributed by atoms with Crippen molar-refractivity contribution in [1.82, 2.24) is 10.2 Å². The van der Waals surface area contributed by atoms with Gasteiger partial charge in [-0.05, 0) is 66.4 Å². The Morgan fingerprint density at radius 2 is 1.67 bits per heavy atom. The number of carbonyl (C=O) groups is 2. The maximum atomic E-state index is 13.9. The zero-order chi connectivity index (χ0) is 25.8. The predicted octanol–water partition coefficient (Wildman–Crippen LogP) is 4.67. The lowest BCUT2D eigenvalue weighted by atomic mass is 9.88. The van der Waals surface area contributed by atoms with E-state index in [1.807, 2.05) is 12.1 Å². The molecule has 4 rings (SSSR count). The van der Waals surface area contributed by atoms with Gasteiger partial charge in [-0.15, -0.1) is 0 Å². The van der Waals surface area contributed by atoms with Gasteiger partial charge in [0, 0.05) is 6.54 Å². The average Bonchev–Trinajstić information content (AvgIpc) is 2.88. The summed E-state index contributed by atoms with van der Waals surface area (Å²) in [6.45, 7) is 1.87. The topological polar surface area (TPSA) is 79.9 Å². The highest BCUT2D eigenvalue weighted by atomic mass is 19.1. The molecule has 0 saturated heterocycles. The summed E-state index contributed by atoms with van der Waals surface area (Å²) in [5.41, 5.74) is 2.50. The summed E-state index contributed by atoms with van der Waals surface area (Å²) in [6, 6.07) is 13.4. The van der Waals surface area contributed by atoms with Crippen molar-refractivity contribution in [3.63, 3.8) is 0 Å². The highest BCUT2D eigenvalue weighted by Crippen LogP contribution is 2.41. The van der Waals surface area contributed by atoms with Crippen LogP contribution in [-0.4, -0.2) is 43.6 Å². The number of methoxy groups -OCH3 is 2. The fourth-order valence-corrected chi connectivity index (χ4v) is 4.31. The molecule has 188 valence electrons. The zero-order valence-corrected chi connectivity index (χ0v) is 20.2. The Balaban J connectivity index is 1.62. The molecule has 0 bridgehead atoms. The maximum absolute atomic E-state index is 13.9. The first-order valence-corrected chi connectivity index (χ1v) is 11.4. The van der Waals surface area contributed by atoms with E-state index in [4.69, 9.17) is 9.47 Å². The third-order valence-electron chi connectivity index (χ3n) is 6.19. The number of carbonyl (C=O) groups excluding carboxylic acids is 2. The molecule has 0 fully saturated rings. The molecule has 3 aromatic rings.